The van der Waals surface area contributed by atoms with Crippen LogP contribution in [-0.4, -0.2) is 56.7 Å². The van der Waals surface area contributed by atoms with Gasteiger partial charge in [-0.15, -0.1) is 0 Å². The van der Waals surface area contributed by atoms with Crippen LogP contribution in [-0.2, 0) is 11.3 Å². The summed E-state index contributed by atoms with van der Waals surface area (Å²) in [6, 6.07) is 9.05. The summed E-state index contributed by atoms with van der Waals surface area (Å²) in [7, 11) is 1.59. The average molecular weight is 449 g/mol. The Morgan fingerprint density at radius 2 is 1.97 bits per heavy atom. The number of ether oxygens (including phenoxy) is 1. The molecule has 3 aromatic rings. The molecule has 1 saturated heterocycles. The first-order valence-electron chi connectivity index (χ1n) is 11.0. The average Bonchev–Trinajstić information content (AvgIpc) is 3.47. The van der Waals surface area contributed by atoms with Gasteiger partial charge in [0.1, 0.15) is 11.6 Å². The topological polar surface area (TPSA) is 102 Å². The van der Waals surface area contributed by atoms with E-state index >= 15 is 0 Å². The molecule has 4 rings (SSSR count). The van der Waals surface area contributed by atoms with E-state index in [4.69, 9.17) is 4.74 Å². The molecule has 3 heterocycles. The normalized spacial score (nSPS) is 15.5. The van der Waals surface area contributed by atoms with Crippen LogP contribution in [0, 0.1) is 13.8 Å². The molecule has 1 aliphatic heterocycles. The van der Waals surface area contributed by atoms with Gasteiger partial charge in [0.05, 0.1) is 18.4 Å². The number of hydrogen-bond donors (Lipinski definition) is 1. The van der Waals surface area contributed by atoms with Gasteiger partial charge in [-0.2, -0.15) is 5.10 Å². The van der Waals surface area contributed by atoms with Crippen LogP contribution in [0.4, 0.5) is 5.69 Å². The predicted molar refractivity (Wildman–Crippen MR) is 123 cm³/mol. The third-order valence-electron chi connectivity index (χ3n) is 5.96. The minimum atomic E-state index is -0.263. The van der Waals surface area contributed by atoms with Crippen LogP contribution in [0.3, 0.4) is 0 Å². The molecule has 2 aromatic heterocycles. The highest BCUT2D eigenvalue weighted by Crippen LogP contribution is 2.26. The van der Waals surface area contributed by atoms with Crippen molar-refractivity contribution in [3.8, 4) is 5.75 Å². The molecule has 9 nitrogen and oxygen atoms in total. The second-order valence-corrected chi connectivity index (χ2v) is 8.18. The highest BCUT2D eigenvalue weighted by atomic mass is 16.5. The molecule has 0 spiro atoms. The number of anilines is 1. The number of carbonyl (C=O) groups is 2. The molecule has 33 heavy (non-hydrogen) atoms. The standard InChI is InChI=1S/C24H28N6O3/c1-16-8-11-26-30(16)13-10-22(31)29-12-9-18(15-29)23-25-14-21(17(2)27-23)24(32)28-19-4-6-20(33-3)7-5-19/h4-8,11,14,18H,9-10,12-13,15H2,1-3H3,(H,28,32)/t18-/m1/s1. The summed E-state index contributed by atoms with van der Waals surface area (Å²) in [5, 5.41) is 7.09. The summed E-state index contributed by atoms with van der Waals surface area (Å²) < 4.78 is 6.98. The van der Waals surface area contributed by atoms with Crippen molar-refractivity contribution in [2.24, 2.45) is 0 Å². The zero-order chi connectivity index (χ0) is 23.4. The van der Waals surface area contributed by atoms with Crippen molar-refractivity contribution in [3.63, 3.8) is 0 Å². The van der Waals surface area contributed by atoms with Gasteiger partial charge in [0, 0.05) is 55.7 Å². The number of nitrogens with zero attached hydrogens (tertiary/aromatic N) is 5. The van der Waals surface area contributed by atoms with Gasteiger partial charge in [0.15, 0.2) is 0 Å². The Hall–Kier alpha value is -3.75. The van der Waals surface area contributed by atoms with Crippen LogP contribution in [0.25, 0.3) is 0 Å². The summed E-state index contributed by atoms with van der Waals surface area (Å²) in [6.07, 6.45) is 4.54. The maximum Gasteiger partial charge on any atom is 0.259 e. The van der Waals surface area contributed by atoms with Gasteiger partial charge < -0.3 is 15.0 Å². The first-order chi connectivity index (χ1) is 15.9. The number of nitrogens with one attached hydrogen (secondary N) is 1. The molecule has 9 heteroatoms. The number of aryl methyl sites for hydroxylation is 3. The number of amides is 2. The summed E-state index contributed by atoms with van der Waals surface area (Å²) in [6.45, 7) is 5.63. The van der Waals surface area contributed by atoms with E-state index in [1.54, 1.807) is 50.7 Å². The molecule has 0 saturated carbocycles. The van der Waals surface area contributed by atoms with Crippen molar-refractivity contribution in [2.75, 3.05) is 25.5 Å². The molecule has 0 bridgehead atoms. The molecule has 0 aliphatic carbocycles. The lowest BCUT2D eigenvalue weighted by molar-refractivity contribution is -0.130. The maximum absolute atomic E-state index is 12.7. The number of aromatic nitrogens is 4. The largest absolute Gasteiger partial charge is 0.497 e. The van der Waals surface area contributed by atoms with Crippen LogP contribution in [0.15, 0.2) is 42.7 Å². The van der Waals surface area contributed by atoms with Crippen molar-refractivity contribution >= 4 is 17.5 Å². The highest BCUT2D eigenvalue weighted by Gasteiger charge is 2.29. The molecular weight excluding hydrogens is 420 g/mol. The molecule has 1 N–H and O–H groups in total. The first kappa shape index (κ1) is 22.4. The molecule has 1 aromatic carbocycles. The van der Waals surface area contributed by atoms with E-state index < -0.39 is 0 Å². The Balaban J connectivity index is 1.35. The maximum atomic E-state index is 12.7. The van der Waals surface area contributed by atoms with Crippen molar-refractivity contribution < 1.29 is 14.3 Å². The predicted octanol–water partition coefficient (Wildman–Crippen LogP) is 2.96. The Labute approximate surface area is 192 Å². The van der Waals surface area contributed by atoms with Crippen molar-refractivity contribution in [2.45, 2.75) is 39.2 Å². The van der Waals surface area contributed by atoms with Gasteiger partial charge in [0.25, 0.3) is 5.91 Å². The van der Waals surface area contributed by atoms with Gasteiger partial charge in [-0.3, -0.25) is 14.3 Å². The van der Waals surface area contributed by atoms with E-state index in [9.17, 15) is 9.59 Å². The number of hydrogen-bond acceptors (Lipinski definition) is 6. The molecule has 1 atom stereocenters. The number of rotatable bonds is 7. The highest BCUT2D eigenvalue weighted by molar-refractivity contribution is 6.04. The number of benzene rings is 1. The first-order valence-corrected chi connectivity index (χ1v) is 11.0. The zero-order valence-corrected chi connectivity index (χ0v) is 19.1. The lowest BCUT2D eigenvalue weighted by Gasteiger charge is -2.17. The molecular formula is C24H28N6O3. The Morgan fingerprint density at radius 3 is 2.64 bits per heavy atom. The second-order valence-electron chi connectivity index (χ2n) is 8.18. The molecule has 172 valence electrons. The fourth-order valence-electron chi connectivity index (χ4n) is 3.97. The van der Waals surface area contributed by atoms with Crippen molar-refractivity contribution in [1.29, 1.82) is 0 Å². The number of methoxy groups -OCH3 is 1. The minimum absolute atomic E-state index is 0.0674. The monoisotopic (exact) mass is 448 g/mol. The third kappa shape index (κ3) is 5.19. The van der Waals surface area contributed by atoms with Crippen molar-refractivity contribution in [1.82, 2.24) is 24.6 Å². The molecule has 2 amide bonds. The Morgan fingerprint density at radius 1 is 1.18 bits per heavy atom. The van der Waals surface area contributed by atoms with Gasteiger partial charge >= 0.3 is 0 Å². The molecule has 0 radical (unpaired) electrons. The molecule has 1 fully saturated rings. The Bertz CT molecular complexity index is 1140. The van der Waals surface area contributed by atoms with E-state index in [1.165, 1.54) is 0 Å². The van der Waals surface area contributed by atoms with Crippen LogP contribution in [0.5, 0.6) is 5.75 Å². The Kier molecular flexibility index (Phi) is 6.67. The van der Waals surface area contributed by atoms with E-state index in [-0.39, 0.29) is 17.7 Å². The van der Waals surface area contributed by atoms with Gasteiger partial charge in [0.2, 0.25) is 5.91 Å². The van der Waals surface area contributed by atoms with Gasteiger partial charge in [-0.25, -0.2) is 9.97 Å². The number of carbonyl (C=O) groups excluding carboxylic acids is 2. The van der Waals surface area contributed by atoms with Gasteiger partial charge in [-0.05, 0) is 50.6 Å². The lowest BCUT2D eigenvalue weighted by atomic mass is 10.1. The fourth-order valence-corrected chi connectivity index (χ4v) is 3.97. The van der Waals surface area contributed by atoms with Crippen LogP contribution >= 0.6 is 0 Å². The molecule has 0 unspecified atom stereocenters. The number of likely N-dealkylation sites (tertiary alicyclic amines) is 1. The molecule has 1 aliphatic rings. The van der Waals surface area contributed by atoms with Crippen LogP contribution in [0.1, 0.15) is 46.3 Å². The van der Waals surface area contributed by atoms with Crippen LogP contribution in [0.2, 0.25) is 0 Å². The summed E-state index contributed by atoms with van der Waals surface area (Å²) in [4.78, 5) is 36.2. The van der Waals surface area contributed by atoms with Gasteiger partial charge in [-0.1, -0.05) is 0 Å². The zero-order valence-electron chi connectivity index (χ0n) is 19.1. The second kappa shape index (κ2) is 9.81. The SMILES string of the molecule is COc1ccc(NC(=O)c2cnc([C@@H]3CCN(C(=O)CCn4nccc4C)C3)nc2C)cc1. The van der Waals surface area contributed by atoms with Crippen molar-refractivity contribution in [3.05, 3.63) is 65.5 Å². The fraction of sp³-hybridized carbons (Fsp3) is 0.375. The van der Waals surface area contributed by atoms with Crippen LogP contribution < -0.4 is 10.1 Å². The summed E-state index contributed by atoms with van der Waals surface area (Å²) >= 11 is 0. The third-order valence-corrected chi connectivity index (χ3v) is 5.96. The lowest BCUT2D eigenvalue weighted by Crippen LogP contribution is -2.29. The smallest absolute Gasteiger partial charge is 0.259 e. The summed E-state index contributed by atoms with van der Waals surface area (Å²) in [5.41, 5.74) is 2.75. The van der Waals surface area contributed by atoms with E-state index in [1.807, 2.05) is 22.6 Å². The van der Waals surface area contributed by atoms with E-state index in [2.05, 4.69) is 20.4 Å². The van der Waals surface area contributed by atoms with E-state index in [0.29, 0.717) is 48.8 Å². The van der Waals surface area contributed by atoms with E-state index in [0.717, 1.165) is 17.9 Å². The quantitative estimate of drug-likeness (QED) is 0.596. The summed E-state index contributed by atoms with van der Waals surface area (Å²) in [5.74, 6) is 1.31. The minimum Gasteiger partial charge on any atom is -0.497 e.